The van der Waals surface area contributed by atoms with Gasteiger partial charge in [0, 0.05) is 23.2 Å². The Morgan fingerprint density at radius 1 is 1.07 bits per heavy atom. The van der Waals surface area contributed by atoms with Gasteiger partial charge in [0.25, 0.3) is 12.9 Å². The van der Waals surface area contributed by atoms with Crippen LogP contribution in [0.5, 0.6) is 5.75 Å². The summed E-state index contributed by atoms with van der Waals surface area (Å²) >= 11 is 0. The van der Waals surface area contributed by atoms with Crippen molar-refractivity contribution >= 4 is 0 Å². The van der Waals surface area contributed by atoms with Crippen molar-refractivity contribution in [3.05, 3.63) is 41.9 Å². The summed E-state index contributed by atoms with van der Waals surface area (Å²) in [5.41, 5.74) is 3.85. The predicted octanol–water partition coefficient (Wildman–Crippen LogP) is 5.06. The topological polar surface area (TPSA) is 61.0 Å². The Kier molecular flexibility index (Phi) is 7.83. The maximum atomic E-state index is 13.5. The summed E-state index contributed by atoms with van der Waals surface area (Å²) in [5, 5.41) is 0. The molecule has 1 atom stereocenters. The first-order chi connectivity index (χ1) is 13.7. The molecule has 29 heavy (non-hydrogen) atoms. The van der Waals surface area contributed by atoms with Crippen molar-refractivity contribution in [2.24, 2.45) is 11.7 Å². The van der Waals surface area contributed by atoms with Crippen LogP contribution >= 0.6 is 0 Å². The van der Waals surface area contributed by atoms with Crippen molar-refractivity contribution < 1.29 is 31.1 Å². The highest BCUT2D eigenvalue weighted by atomic mass is 19.3. The van der Waals surface area contributed by atoms with Crippen LogP contribution in [0, 0.1) is 5.92 Å². The van der Waals surface area contributed by atoms with Crippen molar-refractivity contribution in [3.63, 3.8) is 0 Å². The molecule has 0 aliphatic heterocycles. The van der Waals surface area contributed by atoms with Gasteiger partial charge >= 0.3 is 0 Å². The van der Waals surface area contributed by atoms with Crippen LogP contribution in [-0.2, 0) is 0 Å². The molecule has 2 N–H and O–H groups in total. The molecule has 0 amide bonds. The number of rotatable bonds is 10. The number of halogens is 6. The van der Waals surface area contributed by atoms with Gasteiger partial charge in [0.2, 0.25) is 0 Å². The maximum Gasteiger partial charge on any atom is 0.284 e. The molecule has 2 heterocycles. The predicted molar refractivity (Wildman–Crippen MR) is 95.5 cm³/mol. The Balaban J connectivity index is 2.23. The molecule has 0 bridgehead atoms. The van der Waals surface area contributed by atoms with E-state index in [9.17, 15) is 26.3 Å². The fourth-order valence-electron chi connectivity index (χ4n) is 2.74. The summed E-state index contributed by atoms with van der Waals surface area (Å²) in [6.45, 7) is -0.560. The van der Waals surface area contributed by atoms with Crippen LogP contribution in [0.3, 0.4) is 0 Å². The van der Waals surface area contributed by atoms with Gasteiger partial charge in [-0.3, -0.25) is 13.8 Å². The molecule has 2 rings (SSSR count). The number of nitrogens with zero attached hydrogens (tertiary/aromatic N) is 2. The smallest absolute Gasteiger partial charge is 0.284 e. The quantitative estimate of drug-likeness (QED) is 0.545. The summed E-state index contributed by atoms with van der Waals surface area (Å²) in [6.07, 6.45) is -4.72. The van der Waals surface area contributed by atoms with Crippen LogP contribution in [0.2, 0.25) is 0 Å². The molecule has 2 aromatic rings. The van der Waals surface area contributed by atoms with Gasteiger partial charge in [0.15, 0.2) is 0 Å². The van der Waals surface area contributed by atoms with E-state index < -0.39 is 49.0 Å². The Morgan fingerprint density at radius 2 is 1.76 bits per heavy atom. The van der Waals surface area contributed by atoms with Gasteiger partial charge in [-0.2, -0.15) is 0 Å². The lowest BCUT2D eigenvalue weighted by molar-refractivity contribution is 0.131. The van der Waals surface area contributed by atoms with Gasteiger partial charge in [0.1, 0.15) is 23.7 Å². The van der Waals surface area contributed by atoms with Crippen molar-refractivity contribution in [3.8, 4) is 17.0 Å². The van der Waals surface area contributed by atoms with E-state index in [4.69, 9.17) is 10.5 Å². The zero-order valence-electron chi connectivity index (χ0n) is 15.6. The maximum absolute atomic E-state index is 13.5. The summed E-state index contributed by atoms with van der Waals surface area (Å²) in [7, 11) is 0. The second-order valence-corrected chi connectivity index (χ2v) is 6.97. The number of pyridine rings is 2. The Labute approximate surface area is 164 Å². The normalized spacial score (nSPS) is 13.9. The molecule has 4 nitrogen and oxygen atoms in total. The lowest BCUT2D eigenvalue weighted by Crippen LogP contribution is -2.44. The average molecular weight is 421 g/mol. The van der Waals surface area contributed by atoms with Gasteiger partial charge in [-0.1, -0.05) is 0 Å². The molecule has 0 aliphatic carbocycles. The number of hydrogen-bond donors (Lipinski definition) is 1. The van der Waals surface area contributed by atoms with Crippen LogP contribution in [0.4, 0.5) is 26.3 Å². The summed E-state index contributed by atoms with van der Waals surface area (Å²) in [6, 6.07) is 5.00. The second-order valence-electron chi connectivity index (χ2n) is 6.97. The number of ether oxygens (including phenoxy) is 1. The standard InChI is InChI=1S/C19H21F6N3O/c1-19(26,7-11(8-20)9-21)10-29-15-3-2-13(28-16(15)18(24)25)12-4-5-27-14(6-12)17(22)23/h2-6,11,17-18H,7-10,26H2,1H3. The minimum Gasteiger partial charge on any atom is -0.490 e. The van der Waals surface area contributed by atoms with E-state index in [1.54, 1.807) is 0 Å². The fraction of sp³-hybridized carbons (Fsp3) is 0.474. The summed E-state index contributed by atoms with van der Waals surface area (Å²) in [4.78, 5) is 7.34. The molecule has 0 fully saturated rings. The molecule has 0 aliphatic rings. The van der Waals surface area contributed by atoms with Crippen LogP contribution in [0.25, 0.3) is 11.3 Å². The highest BCUT2D eigenvalue weighted by Gasteiger charge is 2.27. The molecule has 10 heteroatoms. The number of hydrogen-bond acceptors (Lipinski definition) is 4. The molecule has 2 aromatic heterocycles. The Bertz CT molecular complexity index is 799. The van der Waals surface area contributed by atoms with Crippen LogP contribution in [0.1, 0.15) is 37.6 Å². The number of alkyl halides is 6. The molecular weight excluding hydrogens is 400 g/mol. The zero-order valence-corrected chi connectivity index (χ0v) is 15.6. The third-order valence-corrected chi connectivity index (χ3v) is 4.14. The third-order valence-electron chi connectivity index (χ3n) is 4.14. The lowest BCUT2D eigenvalue weighted by Gasteiger charge is -2.27. The molecule has 0 aromatic carbocycles. The van der Waals surface area contributed by atoms with E-state index in [0.29, 0.717) is 0 Å². The van der Waals surface area contributed by atoms with Crippen molar-refractivity contribution in [2.45, 2.75) is 31.7 Å². The highest BCUT2D eigenvalue weighted by molar-refractivity contribution is 5.60. The van der Waals surface area contributed by atoms with Crippen LogP contribution in [0.15, 0.2) is 30.5 Å². The number of nitrogens with two attached hydrogens (primary N) is 1. The van der Waals surface area contributed by atoms with Gasteiger partial charge in [0.05, 0.1) is 19.0 Å². The monoisotopic (exact) mass is 421 g/mol. The minimum atomic E-state index is -3.00. The van der Waals surface area contributed by atoms with Crippen molar-refractivity contribution in [1.29, 1.82) is 0 Å². The van der Waals surface area contributed by atoms with Crippen LogP contribution < -0.4 is 10.5 Å². The first-order valence-electron chi connectivity index (χ1n) is 8.74. The average Bonchev–Trinajstić information content (AvgIpc) is 2.70. The first kappa shape index (κ1) is 22.9. The van der Waals surface area contributed by atoms with Gasteiger partial charge < -0.3 is 10.5 Å². The zero-order chi connectivity index (χ0) is 21.6. The van der Waals surface area contributed by atoms with E-state index >= 15 is 0 Å². The molecule has 160 valence electrons. The molecule has 0 saturated heterocycles. The first-order valence-corrected chi connectivity index (χ1v) is 8.74. The SMILES string of the molecule is CC(N)(COc1ccc(-c2ccnc(C(F)F)c2)nc1C(F)F)CC(CF)CF. The molecule has 0 saturated carbocycles. The van der Waals surface area contributed by atoms with Crippen LogP contribution in [-0.4, -0.2) is 35.5 Å². The van der Waals surface area contributed by atoms with Crippen molar-refractivity contribution in [2.75, 3.05) is 20.0 Å². The second kappa shape index (κ2) is 9.91. The highest BCUT2D eigenvalue weighted by Crippen LogP contribution is 2.32. The molecule has 0 radical (unpaired) electrons. The molecular formula is C19H21F6N3O. The third kappa shape index (κ3) is 6.31. The minimum absolute atomic E-state index is 0.0387. The Hall–Kier alpha value is -2.36. The fourth-order valence-corrected chi connectivity index (χ4v) is 2.74. The number of aromatic nitrogens is 2. The summed E-state index contributed by atoms with van der Waals surface area (Å²) in [5.74, 6) is -1.15. The van der Waals surface area contributed by atoms with E-state index in [0.717, 1.165) is 12.3 Å². The van der Waals surface area contributed by atoms with E-state index in [1.807, 2.05) is 0 Å². The van der Waals surface area contributed by atoms with Gasteiger partial charge in [-0.05, 0) is 37.6 Å². The van der Waals surface area contributed by atoms with Gasteiger partial charge in [-0.25, -0.2) is 22.5 Å². The van der Waals surface area contributed by atoms with E-state index in [2.05, 4.69) is 9.97 Å². The van der Waals surface area contributed by atoms with E-state index in [1.165, 1.54) is 25.1 Å². The molecule has 0 spiro atoms. The largest absolute Gasteiger partial charge is 0.490 e. The Morgan fingerprint density at radius 3 is 2.34 bits per heavy atom. The van der Waals surface area contributed by atoms with Crippen molar-refractivity contribution in [1.82, 2.24) is 9.97 Å². The lowest BCUT2D eigenvalue weighted by atomic mass is 9.92. The van der Waals surface area contributed by atoms with E-state index in [-0.39, 0.29) is 30.0 Å². The summed E-state index contributed by atoms with van der Waals surface area (Å²) < 4.78 is 83.3. The van der Waals surface area contributed by atoms with Gasteiger partial charge in [-0.15, -0.1) is 0 Å². The molecule has 1 unspecified atom stereocenters.